The molecule has 1 amide bonds. The van der Waals surface area contributed by atoms with Crippen LogP contribution in [-0.2, 0) is 11.3 Å². The highest BCUT2D eigenvalue weighted by molar-refractivity contribution is 9.10. The van der Waals surface area contributed by atoms with Crippen molar-refractivity contribution in [2.24, 2.45) is 0 Å². The van der Waals surface area contributed by atoms with Crippen LogP contribution in [0.15, 0.2) is 22.7 Å². The van der Waals surface area contributed by atoms with E-state index in [9.17, 15) is 9.18 Å². The van der Waals surface area contributed by atoms with Crippen LogP contribution >= 0.6 is 15.9 Å². The minimum atomic E-state index is -0.280. The molecule has 0 atom stereocenters. The number of benzene rings is 1. The maximum Gasteiger partial charge on any atom is 0.233 e. The lowest BCUT2D eigenvalue weighted by atomic mass is 10.2. The average Bonchev–Trinajstić information content (AvgIpc) is 2.22. The summed E-state index contributed by atoms with van der Waals surface area (Å²) in [7, 11) is 0. The molecule has 1 aromatic carbocycles. The fourth-order valence-corrected chi connectivity index (χ4v) is 1.57. The second-order valence-corrected chi connectivity index (χ2v) is 4.21. The minimum absolute atomic E-state index is 0.0833. The van der Waals surface area contributed by atoms with Gasteiger partial charge < -0.3 is 10.6 Å². The van der Waals surface area contributed by atoms with Gasteiger partial charge in [0.15, 0.2) is 0 Å². The molecule has 0 unspecified atom stereocenters. The van der Waals surface area contributed by atoms with E-state index in [0.717, 1.165) is 0 Å². The molecule has 0 aromatic heterocycles. The molecule has 88 valence electrons. The Bertz CT molecular complexity index is 371. The molecule has 16 heavy (non-hydrogen) atoms. The van der Waals surface area contributed by atoms with E-state index in [-0.39, 0.29) is 18.3 Å². The first kappa shape index (κ1) is 13.1. The van der Waals surface area contributed by atoms with Gasteiger partial charge in [-0.15, -0.1) is 0 Å². The Kier molecular flexibility index (Phi) is 5.42. The molecule has 2 N–H and O–H groups in total. The number of hydrogen-bond donors (Lipinski definition) is 2. The number of rotatable bonds is 5. The number of likely N-dealkylation sites (N-methyl/N-ethyl adjacent to an activating group) is 1. The van der Waals surface area contributed by atoms with E-state index >= 15 is 0 Å². The van der Waals surface area contributed by atoms with E-state index in [2.05, 4.69) is 26.6 Å². The molecule has 0 fully saturated rings. The summed E-state index contributed by atoms with van der Waals surface area (Å²) < 4.78 is 14.1. The first-order valence-electron chi connectivity index (χ1n) is 5.04. The third-order valence-electron chi connectivity index (χ3n) is 1.99. The van der Waals surface area contributed by atoms with Crippen molar-refractivity contribution >= 4 is 21.8 Å². The predicted molar refractivity (Wildman–Crippen MR) is 64.5 cm³/mol. The summed E-state index contributed by atoms with van der Waals surface area (Å²) in [5.41, 5.74) is 0.549. The largest absolute Gasteiger partial charge is 0.355 e. The van der Waals surface area contributed by atoms with Gasteiger partial charge in [0.1, 0.15) is 5.82 Å². The van der Waals surface area contributed by atoms with Crippen molar-refractivity contribution in [3.63, 3.8) is 0 Å². The van der Waals surface area contributed by atoms with Gasteiger partial charge in [0.05, 0.1) is 6.54 Å². The molecule has 0 heterocycles. The number of carbonyl (C=O) groups is 1. The number of amides is 1. The van der Waals surface area contributed by atoms with E-state index in [1.165, 1.54) is 6.07 Å². The zero-order valence-corrected chi connectivity index (χ0v) is 10.6. The van der Waals surface area contributed by atoms with Crippen LogP contribution in [0, 0.1) is 5.82 Å². The minimum Gasteiger partial charge on any atom is -0.355 e. The molecule has 0 spiro atoms. The van der Waals surface area contributed by atoms with Gasteiger partial charge >= 0.3 is 0 Å². The molecule has 5 heteroatoms. The van der Waals surface area contributed by atoms with Gasteiger partial charge in [-0.1, -0.05) is 22.0 Å². The van der Waals surface area contributed by atoms with Crippen molar-refractivity contribution in [3.8, 4) is 0 Å². The van der Waals surface area contributed by atoms with Gasteiger partial charge in [0.2, 0.25) is 5.91 Å². The third-order valence-corrected chi connectivity index (χ3v) is 2.48. The van der Waals surface area contributed by atoms with Gasteiger partial charge in [-0.25, -0.2) is 4.39 Å². The van der Waals surface area contributed by atoms with Crippen LogP contribution in [0.5, 0.6) is 0 Å². The SMILES string of the molecule is CCNC(=O)CNCc1ccc(Br)cc1F. The fourth-order valence-electron chi connectivity index (χ4n) is 1.24. The Morgan fingerprint density at radius 3 is 2.88 bits per heavy atom. The van der Waals surface area contributed by atoms with Gasteiger partial charge in [-0.05, 0) is 19.1 Å². The zero-order valence-electron chi connectivity index (χ0n) is 9.02. The lowest BCUT2D eigenvalue weighted by molar-refractivity contribution is -0.120. The Hall–Kier alpha value is -0.940. The second-order valence-electron chi connectivity index (χ2n) is 3.29. The maximum atomic E-state index is 13.4. The Morgan fingerprint density at radius 1 is 1.50 bits per heavy atom. The molecule has 0 bridgehead atoms. The second kappa shape index (κ2) is 6.60. The van der Waals surface area contributed by atoms with Crippen LogP contribution in [0.3, 0.4) is 0 Å². The summed E-state index contributed by atoms with van der Waals surface area (Å²) in [5.74, 6) is -0.363. The molecule has 0 aliphatic rings. The van der Waals surface area contributed by atoms with Gasteiger partial charge in [0, 0.05) is 23.1 Å². The summed E-state index contributed by atoms with van der Waals surface area (Å²) >= 11 is 3.18. The van der Waals surface area contributed by atoms with E-state index in [0.29, 0.717) is 23.1 Å². The van der Waals surface area contributed by atoms with Crippen LogP contribution in [0.1, 0.15) is 12.5 Å². The molecule has 0 saturated heterocycles. The number of carbonyl (C=O) groups excluding carboxylic acids is 1. The normalized spacial score (nSPS) is 10.2. The number of halogens is 2. The molecular formula is C11H14BrFN2O. The Balaban J connectivity index is 2.40. The smallest absolute Gasteiger partial charge is 0.233 e. The quantitative estimate of drug-likeness (QED) is 0.868. The molecule has 0 aliphatic carbocycles. The van der Waals surface area contributed by atoms with Crippen LogP contribution in [0.25, 0.3) is 0 Å². The Morgan fingerprint density at radius 2 is 2.25 bits per heavy atom. The standard InChI is InChI=1S/C11H14BrFN2O/c1-2-15-11(16)7-14-6-8-3-4-9(12)5-10(8)13/h3-5,14H,2,6-7H2,1H3,(H,15,16). The van der Waals surface area contributed by atoms with Gasteiger partial charge in [0.25, 0.3) is 0 Å². The third kappa shape index (κ3) is 4.28. The van der Waals surface area contributed by atoms with E-state index in [1.807, 2.05) is 6.92 Å². The van der Waals surface area contributed by atoms with E-state index in [4.69, 9.17) is 0 Å². The maximum absolute atomic E-state index is 13.4. The van der Waals surface area contributed by atoms with Crippen molar-refractivity contribution < 1.29 is 9.18 Å². The number of nitrogens with one attached hydrogen (secondary N) is 2. The van der Waals surface area contributed by atoms with E-state index in [1.54, 1.807) is 12.1 Å². The van der Waals surface area contributed by atoms with Gasteiger partial charge in [-0.2, -0.15) is 0 Å². The molecule has 0 aliphatic heterocycles. The first-order chi connectivity index (χ1) is 7.63. The molecule has 0 radical (unpaired) electrons. The first-order valence-corrected chi connectivity index (χ1v) is 5.84. The summed E-state index contributed by atoms with van der Waals surface area (Å²) in [5, 5.41) is 5.53. The fraction of sp³-hybridized carbons (Fsp3) is 0.364. The van der Waals surface area contributed by atoms with Crippen molar-refractivity contribution in [3.05, 3.63) is 34.1 Å². The van der Waals surface area contributed by atoms with Crippen LogP contribution in [-0.4, -0.2) is 19.0 Å². The molecule has 1 aromatic rings. The molecule has 3 nitrogen and oxygen atoms in total. The highest BCUT2D eigenvalue weighted by atomic mass is 79.9. The summed E-state index contributed by atoms with van der Waals surface area (Å²) in [6.07, 6.45) is 0. The van der Waals surface area contributed by atoms with Crippen LogP contribution in [0.4, 0.5) is 4.39 Å². The summed E-state index contributed by atoms with van der Waals surface area (Å²) in [6.45, 7) is 3.00. The lowest BCUT2D eigenvalue weighted by Gasteiger charge is -2.06. The Labute approximate surface area is 103 Å². The molecular weight excluding hydrogens is 275 g/mol. The topological polar surface area (TPSA) is 41.1 Å². The van der Waals surface area contributed by atoms with E-state index < -0.39 is 0 Å². The monoisotopic (exact) mass is 288 g/mol. The average molecular weight is 289 g/mol. The predicted octanol–water partition coefficient (Wildman–Crippen LogP) is 1.81. The lowest BCUT2D eigenvalue weighted by Crippen LogP contribution is -2.33. The highest BCUT2D eigenvalue weighted by Crippen LogP contribution is 2.14. The summed E-state index contributed by atoms with van der Waals surface area (Å²) in [4.78, 5) is 11.1. The van der Waals surface area contributed by atoms with Crippen molar-refractivity contribution in [2.45, 2.75) is 13.5 Å². The molecule has 1 rings (SSSR count). The van der Waals surface area contributed by atoms with Crippen molar-refractivity contribution in [1.29, 1.82) is 0 Å². The summed E-state index contributed by atoms with van der Waals surface area (Å²) in [6, 6.07) is 4.86. The van der Waals surface area contributed by atoms with Crippen LogP contribution in [0.2, 0.25) is 0 Å². The van der Waals surface area contributed by atoms with Crippen LogP contribution < -0.4 is 10.6 Å². The highest BCUT2D eigenvalue weighted by Gasteiger charge is 2.03. The zero-order chi connectivity index (χ0) is 12.0. The van der Waals surface area contributed by atoms with Gasteiger partial charge in [-0.3, -0.25) is 4.79 Å². The van der Waals surface area contributed by atoms with Crippen molar-refractivity contribution in [1.82, 2.24) is 10.6 Å². The number of hydrogen-bond acceptors (Lipinski definition) is 2. The molecule has 0 saturated carbocycles. The van der Waals surface area contributed by atoms with Crippen molar-refractivity contribution in [2.75, 3.05) is 13.1 Å².